The van der Waals surface area contributed by atoms with E-state index in [4.69, 9.17) is 9.47 Å². The summed E-state index contributed by atoms with van der Waals surface area (Å²) in [4.78, 5) is 12.8. The molecule has 0 aliphatic heterocycles. The maximum Gasteiger partial charge on any atom is 0.347 e. The van der Waals surface area contributed by atoms with Gasteiger partial charge in [-0.2, -0.15) is 0 Å². The van der Waals surface area contributed by atoms with Gasteiger partial charge in [0.15, 0.2) is 0 Å². The molecule has 134 valence electrons. The van der Waals surface area contributed by atoms with Gasteiger partial charge in [0.05, 0.1) is 6.61 Å². The second kappa shape index (κ2) is 8.37. The van der Waals surface area contributed by atoms with Gasteiger partial charge in [-0.25, -0.2) is 4.79 Å². The summed E-state index contributed by atoms with van der Waals surface area (Å²) in [6, 6.07) is 11.0. The Bertz CT molecular complexity index is 764. The predicted molar refractivity (Wildman–Crippen MR) is 108 cm³/mol. The molecule has 0 radical (unpaired) electrons. The van der Waals surface area contributed by atoms with E-state index in [-0.39, 0.29) is 5.41 Å². The Morgan fingerprint density at radius 2 is 1.60 bits per heavy atom. The molecule has 25 heavy (non-hydrogen) atoms. The van der Waals surface area contributed by atoms with Crippen LogP contribution >= 0.6 is 31.9 Å². The zero-order chi connectivity index (χ0) is 18.6. The lowest BCUT2D eigenvalue weighted by molar-refractivity contribution is 0.0727. The summed E-state index contributed by atoms with van der Waals surface area (Å²) in [5.74, 6) is 0.659. The zero-order valence-corrected chi connectivity index (χ0v) is 18.0. The fraction of sp³-hybridized carbons (Fsp3) is 0.350. The van der Waals surface area contributed by atoms with Crippen LogP contribution in [0.2, 0.25) is 0 Å². The van der Waals surface area contributed by atoms with E-state index >= 15 is 0 Å². The number of hydrogen-bond donors (Lipinski definition) is 0. The number of carbonyl (C=O) groups is 1. The molecule has 0 saturated heterocycles. The van der Waals surface area contributed by atoms with Crippen molar-refractivity contribution in [3.8, 4) is 11.5 Å². The highest BCUT2D eigenvalue weighted by atomic mass is 79.9. The normalized spacial score (nSPS) is 11.3. The van der Waals surface area contributed by atoms with Crippen LogP contribution in [0, 0.1) is 0 Å². The standard InChI is InChI=1S/C20H22Br2O3/c1-5-10-24-17-8-6-13(21)11-15(17)19(23)25-18-9-7-14(22)12-16(18)20(2,3)4/h6-9,11-12H,5,10H2,1-4H3. The number of rotatable bonds is 5. The van der Waals surface area contributed by atoms with Crippen LogP contribution in [0.15, 0.2) is 45.3 Å². The Hall–Kier alpha value is -1.33. The van der Waals surface area contributed by atoms with Crippen LogP contribution in [0.25, 0.3) is 0 Å². The molecule has 2 rings (SSSR count). The number of esters is 1. The fourth-order valence-electron chi connectivity index (χ4n) is 2.33. The van der Waals surface area contributed by atoms with Gasteiger partial charge >= 0.3 is 5.97 Å². The van der Waals surface area contributed by atoms with Crippen molar-refractivity contribution in [1.29, 1.82) is 0 Å². The van der Waals surface area contributed by atoms with E-state index in [0.717, 1.165) is 20.9 Å². The molecule has 5 heteroatoms. The molecule has 0 unspecified atom stereocenters. The van der Waals surface area contributed by atoms with Crippen LogP contribution in [0.4, 0.5) is 0 Å². The number of carbonyl (C=O) groups excluding carboxylic acids is 1. The molecule has 0 bridgehead atoms. The number of benzene rings is 2. The zero-order valence-electron chi connectivity index (χ0n) is 14.9. The molecule has 0 saturated carbocycles. The molecule has 0 spiro atoms. The van der Waals surface area contributed by atoms with E-state index in [0.29, 0.717) is 23.7 Å². The molecule has 2 aromatic rings. The molecule has 2 aromatic carbocycles. The van der Waals surface area contributed by atoms with Crippen LogP contribution < -0.4 is 9.47 Å². The molecule has 0 aromatic heterocycles. The van der Waals surface area contributed by atoms with Crippen molar-refractivity contribution in [2.24, 2.45) is 0 Å². The SMILES string of the molecule is CCCOc1ccc(Br)cc1C(=O)Oc1ccc(Br)cc1C(C)(C)C. The van der Waals surface area contributed by atoms with Crippen LogP contribution in [0.1, 0.15) is 50.0 Å². The van der Waals surface area contributed by atoms with Crippen LogP contribution in [0.5, 0.6) is 11.5 Å². The molecule has 3 nitrogen and oxygen atoms in total. The lowest BCUT2D eigenvalue weighted by atomic mass is 9.86. The van der Waals surface area contributed by atoms with E-state index in [1.54, 1.807) is 12.1 Å². The Morgan fingerprint density at radius 3 is 2.20 bits per heavy atom. The summed E-state index contributed by atoms with van der Waals surface area (Å²) in [6.45, 7) is 8.82. The van der Waals surface area contributed by atoms with Gasteiger partial charge in [0.2, 0.25) is 0 Å². The quantitative estimate of drug-likeness (QED) is 0.369. The molecule has 0 aliphatic carbocycles. The van der Waals surface area contributed by atoms with Crippen molar-refractivity contribution in [3.05, 3.63) is 56.5 Å². The van der Waals surface area contributed by atoms with Gasteiger partial charge in [-0.05, 0) is 48.2 Å². The van der Waals surface area contributed by atoms with Gasteiger partial charge in [0.25, 0.3) is 0 Å². The van der Waals surface area contributed by atoms with Crippen LogP contribution in [0.3, 0.4) is 0 Å². The lowest BCUT2D eigenvalue weighted by Crippen LogP contribution is -2.17. The van der Waals surface area contributed by atoms with E-state index < -0.39 is 5.97 Å². The van der Waals surface area contributed by atoms with Crippen molar-refractivity contribution < 1.29 is 14.3 Å². The number of halogens is 2. The third-order valence-corrected chi connectivity index (χ3v) is 4.56. The van der Waals surface area contributed by atoms with Crippen molar-refractivity contribution in [3.63, 3.8) is 0 Å². The van der Waals surface area contributed by atoms with Crippen LogP contribution in [-0.4, -0.2) is 12.6 Å². The largest absolute Gasteiger partial charge is 0.493 e. The average molecular weight is 470 g/mol. The molecule has 0 atom stereocenters. The summed E-state index contributed by atoms with van der Waals surface area (Å²) in [6.07, 6.45) is 0.867. The smallest absolute Gasteiger partial charge is 0.347 e. The van der Waals surface area contributed by atoms with Gasteiger partial charge in [-0.15, -0.1) is 0 Å². The third kappa shape index (κ3) is 5.32. The van der Waals surface area contributed by atoms with E-state index in [2.05, 4.69) is 52.6 Å². The van der Waals surface area contributed by atoms with E-state index in [9.17, 15) is 4.79 Å². The predicted octanol–water partition coefficient (Wildman–Crippen LogP) is 6.52. The maximum atomic E-state index is 12.8. The molecule has 0 N–H and O–H groups in total. The number of hydrogen-bond acceptors (Lipinski definition) is 3. The minimum absolute atomic E-state index is 0.155. The second-order valence-corrected chi connectivity index (χ2v) is 8.60. The maximum absolute atomic E-state index is 12.8. The van der Waals surface area contributed by atoms with Crippen molar-refractivity contribution in [2.45, 2.75) is 39.5 Å². The van der Waals surface area contributed by atoms with E-state index in [1.165, 1.54) is 0 Å². The first kappa shape index (κ1) is 20.0. The van der Waals surface area contributed by atoms with E-state index in [1.807, 2.05) is 31.2 Å². The first-order valence-corrected chi connectivity index (χ1v) is 9.75. The first-order chi connectivity index (χ1) is 11.7. The van der Waals surface area contributed by atoms with Crippen LogP contribution in [-0.2, 0) is 5.41 Å². The Morgan fingerprint density at radius 1 is 1.00 bits per heavy atom. The molecule has 0 aliphatic rings. The van der Waals surface area contributed by atoms with Crippen molar-refractivity contribution in [2.75, 3.05) is 6.61 Å². The Labute approximate surface area is 166 Å². The fourth-order valence-corrected chi connectivity index (χ4v) is 3.05. The average Bonchev–Trinajstić information content (AvgIpc) is 2.54. The molecule has 0 fully saturated rings. The Kier molecular flexibility index (Phi) is 6.69. The highest BCUT2D eigenvalue weighted by molar-refractivity contribution is 9.10. The highest BCUT2D eigenvalue weighted by Crippen LogP contribution is 2.35. The molecular weight excluding hydrogens is 448 g/mol. The van der Waals surface area contributed by atoms with Gasteiger partial charge in [-0.3, -0.25) is 0 Å². The molecule has 0 amide bonds. The first-order valence-electron chi connectivity index (χ1n) is 8.17. The molecular formula is C20H22Br2O3. The van der Waals surface area contributed by atoms with Gasteiger partial charge in [0.1, 0.15) is 17.1 Å². The third-order valence-electron chi connectivity index (χ3n) is 3.58. The summed E-state index contributed by atoms with van der Waals surface area (Å²) in [5, 5.41) is 0. The Balaban J connectivity index is 2.36. The topological polar surface area (TPSA) is 35.5 Å². The van der Waals surface area contributed by atoms with Crippen molar-refractivity contribution >= 4 is 37.8 Å². The summed E-state index contributed by atoms with van der Waals surface area (Å²) in [7, 11) is 0. The summed E-state index contributed by atoms with van der Waals surface area (Å²) in [5.41, 5.74) is 1.21. The minimum atomic E-state index is -0.430. The summed E-state index contributed by atoms with van der Waals surface area (Å²) >= 11 is 6.89. The summed E-state index contributed by atoms with van der Waals surface area (Å²) < 4.78 is 13.2. The number of ether oxygens (including phenoxy) is 2. The monoisotopic (exact) mass is 468 g/mol. The second-order valence-electron chi connectivity index (χ2n) is 6.77. The minimum Gasteiger partial charge on any atom is -0.493 e. The molecule has 0 heterocycles. The van der Waals surface area contributed by atoms with Gasteiger partial charge in [-0.1, -0.05) is 59.6 Å². The highest BCUT2D eigenvalue weighted by Gasteiger charge is 2.23. The van der Waals surface area contributed by atoms with Gasteiger partial charge < -0.3 is 9.47 Å². The van der Waals surface area contributed by atoms with Gasteiger partial charge in [0, 0.05) is 14.5 Å². The lowest BCUT2D eigenvalue weighted by Gasteiger charge is -2.22. The van der Waals surface area contributed by atoms with Crippen molar-refractivity contribution in [1.82, 2.24) is 0 Å².